The van der Waals surface area contributed by atoms with Crippen molar-refractivity contribution in [2.45, 2.75) is 26.5 Å². The van der Waals surface area contributed by atoms with E-state index in [2.05, 4.69) is 34.5 Å². The molecule has 1 aliphatic rings. The number of hydrogen-bond donors (Lipinski definition) is 2. The van der Waals surface area contributed by atoms with Gasteiger partial charge in [0.2, 0.25) is 11.9 Å². The molecule has 0 radical (unpaired) electrons. The average molecular weight is 375 g/mol. The van der Waals surface area contributed by atoms with Gasteiger partial charge in [0.25, 0.3) is 0 Å². The fourth-order valence-corrected chi connectivity index (χ4v) is 3.40. The van der Waals surface area contributed by atoms with E-state index in [1.54, 1.807) is 4.68 Å². The van der Waals surface area contributed by atoms with Crippen LogP contribution in [0.25, 0.3) is 0 Å². The van der Waals surface area contributed by atoms with E-state index in [-0.39, 0.29) is 0 Å². The summed E-state index contributed by atoms with van der Waals surface area (Å²) >= 11 is 0. The number of rotatable bonds is 5. The fourth-order valence-electron chi connectivity index (χ4n) is 3.40. The van der Waals surface area contributed by atoms with Crippen LogP contribution in [-0.2, 0) is 11.4 Å². The van der Waals surface area contributed by atoms with Crippen molar-refractivity contribution in [3.63, 3.8) is 0 Å². The van der Waals surface area contributed by atoms with Crippen molar-refractivity contribution in [2.75, 3.05) is 5.32 Å². The summed E-state index contributed by atoms with van der Waals surface area (Å²) in [7, 11) is 0. The van der Waals surface area contributed by atoms with Crippen LogP contribution in [0.3, 0.4) is 0 Å². The molecule has 1 aliphatic heterocycles. The number of hydrogen-bond acceptors (Lipinski definition) is 5. The lowest BCUT2D eigenvalue weighted by Gasteiger charge is -2.27. The number of anilines is 1. The number of carbonyl (C=O) groups excluding carboxylic acids is 1. The Morgan fingerprint density at radius 2 is 1.93 bits per heavy atom. The topological polar surface area (TPSA) is 95.1 Å². The van der Waals surface area contributed by atoms with Crippen molar-refractivity contribution < 1.29 is 9.53 Å². The van der Waals surface area contributed by atoms with E-state index in [1.807, 2.05) is 43.3 Å². The van der Waals surface area contributed by atoms with E-state index in [0.29, 0.717) is 23.8 Å². The quantitative estimate of drug-likeness (QED) is 0.715. The largest absolute Gasteiger partial charge is 0.489 e. The Hall–Kier alpha value is -3.61. The number of nitrogens with one attached hydrogen (secondary N) is 1. The number of nitrogens with two attached hydrogens (primary N) is 1. The van der Waals surface area contributed by atoms with Gasteiger partial charge < -0.3 is 15.8 Å². The molecule has 3 N–H and O–H groups in total. The highest BCUT2D eigenvalue weighted by Gasteiger charge is 2.32. The number of nitrogens with zero attached hydrogens (tertiary/aromatic N) is 3. The van der Waals surface area contributed by atoms with Crippen molar-refractivity contribution >= 4 is 11.9 Å². The predicted octanol–water partition coefficient (Wildman–Crippen LogP) is 2.94. The summed E-state index contributed by atoms with van der Waals surface area (Å²) < 4.78 is 7.58. The Balaban J connectivity index is 1.60. The number of aryl methyl sites for hydroxylation is 1. The van der Waals surface area contributed by atoms with Gasteiger partial charge in [-0.25, -0.2) is 4.68 Å². The zero-order valence-corrected chi connectivity index (χ0v) is 15.7. The van der Waals surface area contributed by atoms with Gasteiger partial charge in [-0.05, 0) is 42.7 Å². The monoisotopic (exact) mass is 375 g/mol. The average Bonchev–Trinajstić information content (AvgIpc) is 3.14. The molecule has 2 heterocycles. The first-order valence-corrected chi connectivity index (χ1v) is 8.99. The SMILES string of the molecule is CC1=C(C(N)=O)C(c2ccc(OCc3ccccc3C)cc2)n2ncnc2N1. The molecule has 1 aromatic heterocycles. The van der Waals surface area contributed by atoms with Crippen LogP contribution in [-0.4, -0.2) is 20.7 Å². The van der Waals surface area contributed by atoms with Gasteiger partial charge in [-0.2, -0.15) is 10.1 Å². The molecular formula is C21H21N5O2. The molecule has 142 valence electrons. The molecule has 1 amide bonds. The Morgan fingerprint density at radius 1 is 1.18 bits per heavy atom. The van der Waals surface area contributed by atoms with Gasteiger partial charge in [-0.1, -0.05) is 36.4 Å². The molecular weight excluding hydrogens is 354 g/mol. The number of benzene rings is 2. The minimum Gasteiger partial charge on any atom is -0.489 e. The zero-order valence-electron chi connectivity index (χ0n) is 15.7. The second kappa shape index (κ2) is 7.19. The van der Waals surface area contributed by atoms with Crippen LogP contribution in [0.5, 0.6) is 5.75 Å². The van der Waals surface area contributed by atoms with Gasteiger partial charge in [0.05, 0.1) is 5.57 Å². The van der Waals surface area contributed by atoms with Gasteiger partial charge in [-0.3, -0.25) is 4.79 Å². The van der Waals surface area contributed by atoms with Crippen LogP contribution < -0.4 is 15.8 Å². The van der Waals surface area contributed by atoms with Crippen LogP contribution in [0, 0.1) is 6.92 Å². The second-order valence-corrected chi connectivity index (χ2v) is 6.74. The third-order valence-electron chi connectivity index (χ3n) is 4.91. The van der Waals surface area contributed by atoms with E-state index in [9.17, 15) is 4.79 Å². The summed E-state index contributed by atoms with van der Waals surface area (Å²) in [5.41, 5.74) is 10.0. The van der Waals surface area contributed by atoms with Gasteiger partial charge in [0.15, 0.2) is 0 Å². The van der Waals surface area contributed by atoms with E-state index in [1.165, 1.54) is 11.9 Å². The van der Waals surface area contributed by atoms with Crippen molar-refractivity contribution in [2.24, 2.45) is 5.73 Å². The van der Waals surface area contributed by atoms with Gasteiger partial charge >= 0.3 is 0 Å². The maximum atomic E-state index is 12.1. The van der Waals surface area contributed by atoms with E-state index >= 15 is 0 Å². The number of amides is 1. The maximum absolute atomic E-state index is 12.1. The molecule has 0 saturated heterocycles. The standard InChI is InChI=1S/C21H21N5O2/c1-13-5-3-4-6-16(13)11-28-17-9-7-15(8-10-17)19-18(20(22)27)14(2)25-21-23-12-24-26(19)21/h3-10,12,19H,11H2,1-2H3,(H2,22,27)(H,23,24,25). The van der Waals surface area contributed by atoms with Crippen molar-refractivity contribution in [1.29, 1.82) is 0 Å². The third kappa shape index (κ3) is 3.22. The Labute approximate surface area is 162 Å². The number of carbonyl (C=O) groups is 1. The van der Waals surface area contributed by atoms with E-state index in [0.717, 1.165) is 16.9 Å². The normalized spacial score (nSPS) is 15.7. The molecule has 0 fully saturated rings. The molecule has 0 spiro atoms. The lowest BCUT2D eigenvalue weighted by Crippen LogP contribution is -2.31. The summed E-state index contributed by atoms with van der Waals surface area (Å²) in [4.78, 5) is 16.3. The van der Waals surface area contributed by atoms with Crippen LogP contribution in [0.2, 0.25) is 0 Å². The number of allylic oxidation sites excluding steroid dienone is 1. The molecule has 1 unspecified atom stereocenters. The molecule has 0 aliphatic carbocycles. The highest BCUT2D eigenvalue weighted by atomic mass is 16.5. The molecule has 2 aromatic carbocycles. The zero-order chi connectivity index (χ0) is 19.7. The summed E-state index contributed by atoms with van der Waals surface area (Å²) in [6, 6.07) is 15.3. The van der Waals surface area contributed by atoms with Crippen molar-refractivity contribution in [3.05, 3.63) is 82.8 Å². The fraction of sp³-hybridized carbons (Fsp3) is 0.190. The summed E-state index contributed by atoms with van der Waals surface area (Å²) in [5, 5.41) is 7.33. The first kappa shape index (κ1) is 17.8. The smallest absolute Gasteiger partial charge is 0.248 e. The summed E-state index contributed by atoms with van der Waals surface area (Å²) in [5.74, 6) is 0.837. The van der Waals surface area contributed by atoms with E-state index < -0.39 is 11.9 Å². The first-order chi connectivity index (χ1) is 13.5. The summed E-state index contributed by atoms with van der Waals surface area (Å²) in [6.45, 7) is 4.37. The van der Waals surface area contributed by atoms with Crippen molar-refractivity contribution in [3.8, 4) is 5.75 Å². The Bertz CT molecular complexity index is 1050. The van der Waals surface area contributed by atoms with Gasteiger partial charge in [0.1, 0.15) is 24.7 Å². The number of primary amides is 1. The van der Waals surface area contributed by atoms with Crippen LogP contribution in [0.4, 0.5) is 5.95 Å². The minimum atomic E-state index is -0.490. The van der Waals surface area contributed by atoms with Gasteiger partial charge in [0, 0.05) is 5.70 Å². The van der Waals surface area contributed by atoms with E-state index in [4.69, 9.17) is 10.5 Å². The lowest BCUT2D eigenvalue weighted by atomic mass is 9.95. The van der Waals surface area contributed by atoms with Crippen molar-refractivity contribution in [1.82, 2.24) is 14.8 Å². The molecule has 3 aromatic rings. The number of fused-ring (bicyclic) bond motifs is 1. The molecule has 0 saturated carbocycles. The van der Waals surface area contributed by atoms with Crippen LogP contribution in [0.1, 0.15) is 29.7 Å². The first-order valence-electron chi connectivity index (χ1n) is 8.99. The number of aromatic nitrogens is 3. The number of ether oxygens (including phenoxy) is 1. The molecule has 0 bridgehead atoms. The maximum Gasteiger partial charge on any atom is 0.248 e. The highest BCUT2D eigenvalue weighted by Crippen LogP contribution is 2.34. The Kier molecular flexibility index (Phi) is 4.57. The van der Waals surface area contributed by atoms with Gasteiger partial charge in [-0.15, -0.1) is 0 Å². The van der Waals surface area contributed by atoms with Crippen LogP contribution >= 0.6 is 0 Å². The third-order valence-corrected chi connectivity index (χ3v) is 4.91. The molecule has 28 heavy (non-hydrogen) atoms. The molecule has 4 rings (SSSR count). The predicted molar refractivity (Wildman–Crippen MR) is 106 cm³/mol. The van der Waals surface area contributed by atoms with Crippen LogP contribution in [0.15, 0.2) is 66.1 Å². The minimum absolute atomic E-state index is 0.429. The summed E-state index contributed by atoms with van der Waals surface area (Å²) in [6.07, 6.45) is 1.45. The second-order valence-electron chi connectivity index (χ2n) is 6.74. The molecule has 7 nitrogen and oxygen atoms in total. The lowest BCUT2D eigenvalue weighted by molar-refractivity contribution is -0.115. The highest BCUT2D eigenvalue weighted by molar-refractivity contribution is 5.95. The Morgan fingerprint density at radius 3 is 2.64 bits per heavy atom. The molecule has 7 heteroatoms. The molecule has 1 atom stereocenters.